The summed E-state index contributed by atoms with van der Waals surface area (Å²) in [6.07, 6.45) is 7.47. The second kappa shape index (κ2) is 5.45. The lowest BCUT2D eigenvalue weighted by atomic mass is 10.1. The van der Waals surface area contributed by atoms with Crippen molar-refractivity contribution in [1.82, 2.24) is 19.9 Å². The topological polar surface area (TPSA) is 41.9 Å². The highest BCUT2D eigenvalue weighted by Gasteiger charge is 2.16. The maximum Gasteiger partial charge on any atom is 0.115 e. The van der Waals surface area contributed by atoms with Crippen molar-refractivity contribution in [3.8, 4) is 0 Å². The van der Waals surface area contributed by atoms with Gasteiger partial charge in [0.15, 0.2) is 0 Å². The third kappa shape index (κ3) is 2.79. The fourth-order valence-electron chi connectivity index (χ4n) is 2.64. The zero-order valence-electron chi connectivity index (χ0n) is 11.2. The molecule has 0 fully saturated rings. The molecule has 2 aromatic heterocycles. The summed E-state index contributed by atoms with van der Waals surface area (Å²) >= 11 is 0. The summed E-state index contributed by atoms with van der Waals surface area (Å²) in [6.45, 7) is 5.21. The van der Waals surface area contributed by atoms with Crippen LogP contribution in [-0.4, -0.2) is 32.9 Å². The molecule has 0 aliphatic carbocycles. The highest BCUT2D eigenvalue weighted by Crippen LogP contribution is 2.17. The van der Waals surface area contributed by atoms with Crippen LogP contribution >= 0.6 is 0 Å². The molecule has 4 heteroatoms. The number of fused-ring (bicyclic) bond motifs is 1. The van der Waals surface area contributed by atoms with Crippen LogP contribution in [0.1, 0.15) is 22.5 Å². The van der Waals surface area contributed by atoms with Gasteiger partial charge in [-0.15, -0.1) is 0 Å². The zero-order chi connectivity index (χ0) is 13.1. The van der Waals surface area contributed by atoms with Crippen LogP contribution in [0.2, 0.25) is 0 Å². The third-order valence-corrected chi connectivity index (χ3v) is 3.75. The molecule has 0 radical (unpaired) electrons. The second-order valence-electron chi connectivity index (χ2n) is 5.02. The largest absolute Gasteiger partial charge is 0.298 e. The van der Waals surface area contributed by atoms with Crippen LogP contribution in [0.5, 0.6) is 0 Å². The van der Waals surface area contributed by atoms with Crippen LogP contribution in [-0.2, 0) is 19.4 Å². The number of aryl methyl sites for hydroxylation is 1. The van der Waals surface area contributed by atoms with Crippen LogP contribution in [0.15, 0.2) is 30.9 Å². The monoisotopic (exact) mass is 254 g/mol. The van der Waals surface area contributed by atoms with E-state index in [1.165, 1.54) is 16.8 Å². The number of hydrogen-bond donors (Lipinski definition) is 0. The lowest BCUT2D eigenvalue weighted by Crippen LogP contribution is -2.25. The van der Waals surface area contributed by atoms with Crippen LogP contribution in [0, 0.1) is 6.92 Å². The van der Waals surface area contributed by atoms with Gasteiger partial charge in [0.2, 0.25) is 0 Å². The van der Waals surface area contributed by atoms with Gasteiger partial charge in [0.05, 0.1) is 0 Å². The molecule has 0 aromatic carbocycles. The van der Waals surface area contributed by atoms with Gasteiger partial charge in [0, 0.05) is 49.8 Å². The van der Waals surface area contributed by atoms with Gasteiger partial charge in [-0.25, -0.2) is 9.97 Å². The first-order valence-corrected chi connectivity index (χ1v) is 6.73. The summed E-state index contributed by atoms with van der Waals surface area (Å²) in [5.74, 6) is 0. The van der Waals surface area contributed by atoms with Crippen molar-refractivity contribution in [2.24, 2.45) is 0 Å². The minimum absolute atomic E-state index is 0.989. The molecule has 0 bridgehead atoms. The molecule has 0 unspecified atom stereocenters. The SMILES string of the molecule is Cc1ncnc2c1CCN(Cc1ccncc1)CC2. The van der Waals surface area contributed by atoms with E-state index in [0.717, 1.165) is 38.2 Å². The Bertz CT molecular complexity index is 553. The Hall–Kier alpha value is -1.81. The molecular weight excluding hydrogens is 236 g/mol. The van der Waals surface area contributed by atoms with Gasteiger partial charge in [0.25, 0.3) is 0 Å². The summed E-state index contributed by atoms with van der Waals surface area (Å²) in [5.41, 5.74) is 5.03. The Morgan fingerprint density at radius 3 is 2.74 bits per heavy atom. The molecule has 0 atom stereocenters. The van der Waals surface area contributed by atoms with Gasteiger partial charge < -0.3 is 0 Å². The summed E-state index contributed by atoms with van der Waals surface area (Å²) in [7, 11) is 0. The summed E-state index contributed by atoms with van der Waals surface area (Å²) in [6, 6.07) is 4.17. The number of rotatable bonds is 2. The molecule has 0 saturated carbocycles. The van der Waals surface area contributed by atoms with Gasteiger partial charge in [-0.3, -0.25) is 9.88 Å². The summed E-state index contributed by atoms with van der Waals surface area (Å²) in [5, 5.41) is 0. The number of pyridine rings is 1. The molecule has 3 heterocycles. The molecule has 0 spiro atoms. The Labute approximate surface area is 113 Å². The maximum atomic E-state index is 4.43. The highest BCUT2D eigenvalue weighted by atomic mass is 15.1. The Balaban J connectivity index is 1.72. The minimum atomic E-state index is 0.989. The Morgan fingerprint density at radius 2 is 1.89 bits per heavy atom. The van der Waals surface area contributed by atoms with E-state index in [9.17, 15) is 0 Å². The number of aromatic nitrogens is 3. The average molecular weight is 254 g/mol. The van der Waals surface area contributed by atoms with Gasteiger partial charge in [0.1, 0.15) is 6.33 Å². The quantitative estimate of drug-likeness (QED) is 0.819. The lowest BCUT2D eigenvalue weighted by Gasteiger charge is -2.19. The first kappa shape index (κ1) is 12.2. The first-order valence-electron chi connectivity index (χ1n) is 6.73. The van der Waals surface area contributed by atoms with Gasteiger partial charge >= 0.3 is 0 Å². The molecule has 4 nitrogen and oxygen atoms in total. The van der Waals surface area contributed by atoms with Crippen molar-refractivity contribution >= 4 is 0 Å². The van der Waals surface area contributed by atoms with Crippen LogP contribution in [0.3, 0.4) is 0 Å². The van der Waals surface area contributed by atoms with Crippen LogP contribution in [0.25, 0.3) is 0 Å². The van der Waals surface area contributed by atoms with E-state index in [1.54, 1.807) is 6.33 Å². The molecule has 1 aliphatic rings. The van der Waals surface area contributed by atoms with E-state index in [1.807, 2.05) is 12.4 Å². The zero-order valence-corrected chi connectivity index (χ0v) is 11.2. The predicted octanol–water partition coefficient (Wildman–Crippen LogP) is 1.78. The molecule has 2 aromatic rings. The van der Waals surface area contributed by atoms with Crippen LogP contribution < -0.4 is 0 Å². The van der Waals surface area contributed by atoms with Crippen molar-refractivity contribution in [1.29, 1.82) is 0 Å². The predicted molar refractivity (Wildman–Crippen MR) is 73.7 cm³/mol. The average Bonchev–Trinajstić information content (AvgIpc) is 2.64. The molecule has 3 rings (SSSR count). The molecule has 19 heavy (non-hydrogen) atoms. The highest BCUT2D eigenvalue weighted by molar-refractivity contribution is 5.25. The van der Waals surface area contributed by atoms with E-state index in [0.29, 0.717) is 0 Å². The molecule has 0 N–H and O–H groups in total. The van der Waals surface area contributed by atoms with E-state index < -0.39 is 0 Å². The third-order valence-electron chi connectivity index (χ3n) is 3.75. The summed E-state index contributed by atoms with van der Waals surface area (Å²) < 4.78 is 0. The number of nitrogens with zero attached hydrogens (tertiary/aromatic N) is 4. The van der Waals surface area contributed by atoms with Crippen molar-refractivity contribution in [3.05, 3.63) is 53.4 Å². The minimum Gasteiger partial charge on any atom is -0.298 e. The molecule has 0 amide bonds. The van der Waals surface area contributed by atoms with Crippen molar-refractivity contribution in [3.63, 3.8) is 0 Å². The van der Waals surface area contributed by atoms with E-state index >= 15 is 0 Å². The smallest absolute Gasteiger partial charge is 0.115 e. The fraction of sp³-hybridized carbons (Fsp3) is 0.400. The maximum absolute atomic E-state index is 4.43. The van der Waals surface area contributed by atoms with Crippen molar-refractivity contribution in [2.75, 3.05) is 13.1 Å². The Kier molecular flexibility index (Phi) is 3.51. The second-order valence-corrected chi connectivity index (χ2v) is 5.02. The van der Waals surface area contributed by atoms with Gasteiger partial charge in [-0.2, -0.15) is 0 Å². The fourth-order valence-corrected chi connectivity index (χ4v) is 2.64. The van der Waals surface area contributed by atoms with Gasteiger partial charge in [-0.1, -0.05) is 0 Å². The van der Waals surface area contributed by atoms with Crippen molar-refractivity contribution in [2.45, 2.75) is 26.3 Å². The van der Waals surface area contributed by atoms with E-state index in [-0.39, 0.29) is 0 Å². The van der Waals surface area contributed by atoms with Crippen LogP contribution in [0.4, 0.5) is 0 Å². The van der Waals surface area contributed by atoms with E-state index in [4.69, 9.17) is 0 Å². The molecule has 1 aliphatic heterocycles. The molecule has 0 saturated heterocycles. The molecular formula is C15H18N4. The first-order chi connectivity index (χ1) is 9.33. The normalized spacial score (nSPS) is 15.8. The Morgan fingerprint density at radius 1 is 1.11 bits per heavy atom. The van der Waals surface area contributed by atoms with E-state index in [2.05, 4.69) is 38.9 Å². The number of hydrogen-bond acceptors (Lipinski definition) is 4. The van der Waals surface area contributed by atoms with Crippen molar-refractivity contribution < 1.29 is 0 Å². The molecule has 98 valence electrons. The van der Waals surface area contributed by atoms with Gasteiger partial charge in [-0.05, 0) is 36.6 Å². The standard InChI is InChI=1S/C15H18N4/c1-12-14-4-8-19(9-5-15(14)18-11-17-12)10-13-2-6-16-7-3-13/h2-3,6-7,11H,4-5,8-10H2,1H3. The lowest BCUT2D eigenvalue weighted by molar-refractivity contribution is 0.279. The summed E-state index contributed by atoms with van der Waals surface area (Å²) in [4.78, 5) is 15.3.